The fourth-order valence-electron chi connectivity index (χ4n) is 2.25. The van der Waals surface area contributed by atoms with Crippen LogP contribution in [0.5, 0.6) is 0 Å². The molecule has 1 aromatic carbocycles. The van der Waals surface area contributed by atoms with Crippen LogP contribution in [0.1, 0.15) is 36.9 Å². The summed E-state index contributed by atoms with van der Waals surface area (Å²) in [7, 11) is 0. The van der Waals surface area contributed by atoms with Gasteiger partial charge in [0.2, 0.25) is 0 Å². The number of benzene rings is 1. The SMILES string of the molecule is CCC(C)CN(CC)C(=O)c1sc2cc(Cl)ccc2c1N. The number of halogens is 1. The molecule has 3 nitrogen and oxygen atoms in total. The van der Waals surface area contributed by atoms with Crippen LogP contribution in [-0.4, -0.2) is 23.9 Å². The summed E-state index contributed by atoms with van der Waals surface area (Å²) < 4.78 is 0.961. The zero-order valence-electron chi connectivity index (χ0n) is 12.6. The number of nitrogens with two attached hydrogens (primary N) is 1. The van der Waals surface area contributed by atoms with E-state index in [1.807, 2.05) is 24.0 Å². The molecule has 0 aliphatic carbocycles. The molecular weight excluding hydrogens is 304 g/mol. The number of thiophene rings is 1. The van der Waals surface area contributed by atoms with Gasteiger partial charge < -0.3 is 10.6 Å². The van der Waals surface area contributed by atoms with E-state index in [2.05, 4.69) is 13.8 Å². The maximum Gasteiger partial charge on any atom is 0.266 e. The van der Waals surface area contributed by atoms with Gasteiger partial charge in [0, 0.05) is 28.2 Å². The minimum atomic E-state index is 0.0209. The highest BCUT2D eigenvalue weighted by Crippen LogP contribution is 2.36. The Morgan fingerprint density at radius 2 is 2.14 bits per heavy atom. The van der Waals surface area contributed by atoms with Crippen molar-refractivity contribution in [2.45, 2.75) is 27.2 Å². The van der Waals surface area contributed by atoms with Crippen molar-refractivity contribution in [1.82, 2.24) is 4.90 Å². The van der Waals surface area contributed by atoms with Crippen molar-refractivity contribution < 1.29 is 4.79 Å². The predicted molar refractivity (Wildman–Crippen MR) is 92.3 cm³/mol. The third kappa shape index (κ3) is 3.33. The number of hydrogen-bond donors (Lipinski definition) is 1. The highest BCUT2D eigenvalue weighted by atomic mass is 35.5. The number of anilines is 1. The minimum absolute atomic E-state index is 0.0209. The molecule has 0 bridgehead atoms. The van der Waals surface area contributed by atoms with Crippen LogP contribution in [0.3, 0.4) is 0 Å². The Balaban J connectivity index is 2.35. The van der Waals surface area contributed by atoms with E-state index in [1.54, 1.807) is 6.07 Å². The second-order valence-electron chi connectivity index (χ2n) is 5.34. The molecule has 0 spiro atoms. The summed E-state index contributed by atoms with van der Waals surface area (Å²) >= 11 is 7.43. The van der Waals surface area contributed by atoms with Gasteiger partial charge in [-0.3, -0.25) is 4.79 Å². The lowest BCUT2D eigenvalue weighted by molar-refractivity contribution is 0.0747. The van der Waals surface area contributed by atoms with E-state index in [1.165, 1.54) is 11.3 Å². The molecule has 5 heteroatoms. The van der Waals surface area contributed by atoms with E-state index in [9.17, 15) is 4.79 Å². The van der Waals surface area contributed by atoms with E-state index in [0.717, 1.165) is 23.1 Å². The van der Waals surface area contributed by atoms with Gasteiger partial charge in [0.05, 0.1) is 5.69 Å². The maximum atomic E-state index is 12.7. The average molecular weight is 325 g/mol. The molecule has 0 fully saturated rings. The molecule has 0 aliphatic rings. The number of hydrogen-bond acceptors (Lipinski definition) is 3. The quantitative estimate of drug-likeness (QED) is 0.870. The topological polar surface area (TPSA) is 46.3 Å². The molecule has 114 valence electrons. The second-order valence-corrected chi connectivity index (χ2v) is 6.83. The number of carbonyl (C=O) groups is 1. The first-order valence-electron chi connectivity index (χ1n) is 7.24. The first-order chi connectivity index (χ1) is 9.97. The highest BCUT2D eigenvalue weighted by molar-refractivity contribution is 7.21. The summed E-state index contributed by atoms with van der Waals surface area (Å²) in [5, 5.41) is 1.57. The van der Waals surface area contributed by atoms with Crippen LogP contribution in [0.15, 0.2) is 18.2 Å². The summed E-state index contributed by atoms with van der Waals surface area (Å²) in [5.74, 6) is 0.506. The molecule has 2 N–H and O–H groups in total. The molecule has 0 saturated heterocycles. The van der Waals surface area contributed by atoms with Gasteiger partial charge in [-0.25, -0.2) is 0 Å². The number of carbonyl (C=O) groups excluding carboxylic acids is 1. The van der Waals surface area contributed by atoms with E-state index >= 15 is 0 Å². The van der Waals surface area contributed by atoms with Crippen LogP contribution < -0.4 is 5.73 Å². The largest absolute Gasteiger partial charge is 0.397 e. The Labute approximate surface area is 134 Å². The van der Waals surface area contributed by atoms with Crippen LogP contribution in [-0.2, 0) is 0 Å². The number of fused-ring (bicyclic) bond motifs is 1. The molecule has 1 amide bonds. The fourth-order valence-corrected chi connectivity index (χ4v) is 3.62. The summed E-state index contributed by atoms with van der Waals surface area (Å²) in [6.45, 7) is 7.75. The van der Waals surface area contributed by atoms with Crippen molar-refractivity contribution in [3.63, 3.8) is 0 Å². The van der Waals surface area contributed by atoms with Crippen molar-refractivity contribution in [3.8, 4) is 0 Å². The van der Waals surface area contributed by atoms with Gasteiger partial charge in [-0.2, -0.15) is 0 Å². The zero-order valence-corrected chi connectivity index (χ0v) is 14.2. The summed E-state index contributed by atoms with van der Waals surface area (Å²) in [6.07, 6.45) is 1.06. The maximum absolute atomic E-state index is 12.7. The first-order valence-corrected chi connectivity index (χ1v) is 8.44. The van der Waals surface area contributed by atoms with E-state index in [4.69, 9.17) is 17.3 Å². The van der Waals surface area contributed by atoms with Crippen LogP contribution in [0, 0.1) is 5.92 Å². The van der Waals surface area contributed by atoms with Gasteiger partial charge >= 0.3 is 0 Å². The third-order valence-electron chi connectivity index (χ3n) is 3.78. The average Bonchev–Trinajstić information content (AvgIpc) is 2.80. The van der Waals surface area contributed by atoms with E-state index in [-0.39, 0.29) is 5.91 Å². The molecule has 1 heterocycles. The molecule has 21 heavy (non-hydrogen) atoms. The van der Waals surface area contributed by atoms with Gasteiger partial charge in [0.25, 0.3) is 5.91 Å². The summed E-state index contributed by atoms with van der Waals surface area (Å²) in [4.78, 5) is 15.2. The molecule has 2 aromatic rings. The highest BCUT2D eigenvalue weighted by Gasteiger charge is 2.22. The molecule has 1 atom stereocenters. The molecular formula is C16H21ClN2OS. The lowest BCUT2D eigenvalue weighted by atomic mass is 10.1. The van der Waals surface area contributed by atoms with Gasteiger partial charge in [-0.15, -0.1) is 11.3 Å². The van der Waals surface area contributed by atoms with Crippen LogP contribution in [0.25, 0.3) is 10.1 Å². The zero-order chi connectivity index (χ0) is 15.6. The molecule has 0 radical (unpaired) electrons. The number of amides is 1. The molecule has 0 aliphatic heterocycles. The smallest absolute Gasteiger partial charge is 0.266 e. The molecule has 1 aromatic heterocycles. The van der Waals surface area contributed by atoms with Crippen LogP contribution in [0.4, 0.5) is 5.69 Å². The number of nitrogens with zero attached hydrogens (tertiary/aromatic N) is 1. The summed E-state index contributed by atoms with van der Waals surface area (Å²) in [5.41, 5.74) is 6.73. The van der Waals surface area contributed by atoms with Gasteiger partial charge in [0.1, 0.15) is 4.88 Å². The Bertz CT molecular complexity index is 653. The van der Waals surface area contributed by atoms with Crippen molar-refractivity contribution >= 4 is 44.6 Å². The van der Waals surface area contributed by atoms with Crippen molar-refractivity contribution in [3.05, 3.63) is 28.1 Å². The van der Waals surface area contributed by atoms with Crippen molar-refractivity contribution in [1.29, 1.82) is 0 Å². The van der Waals surface area contributed by atoms with E-state index in [0.29, 0.717) is 28.0 Å². The monoisotopic (exact) mass is 324 g/mol. The number of nitrogen functional groups attached to an aromatic ring is 1. The standard InChI is InChI=1S/C16H21ClN2OS/c1-4-10(3)9-19(5-2)16(20)15-14(18)12-7-6-11(17)8-13(12)21-15/h6-8,10H,4-5,9,18H2,1-3H3. The lowest BCUT2D eigenvalue weighted by Gasteiger charge is -2.23. The van der Waals surface area contributed by atoms with Gasteiger partial charge in [-0.1, -0.05) is 31.9 Å². The van der Waals surface area contributed by atoms with Crippen molar-refractivity contribution in [2.75, 3.05) is 18.8 Å². The molecule has 1 unspecified atom stereocenters. The van der Waals surface area contributed by atoms with Crippen LogP contribution >= 0.6 is 22.9 Å². The Morgan fingerprint density at radius 3 is 2.76 bits per heavy atom. The summed E-state index contributed by atoms with van der Waals surface area (Å²) in [6, 6.07) is 5.54. The van der Waals surface area contributed by atoms with Crippen molar-refractivity contribution in [2.24, 2.45) is 5.92 Å². The molecule has 2 rings (SSSR count). The first kappa shape index (κ1) is 16.1. The minimum Gasteiger partial charge on any atom is -0.397 e. The van der Waals surface area contributed by atoms with E-state index < -0.39 is 0 Å². The molecule has 0 saturated carbocycles. The Morgan fingerprint density at radius 1 is 1.43 bits per heavy atom. The van der Waals surface area contributed by atoms with Gasteiger partial charge in [0.15, 0.2) is 0 Å². The lowest BCUT2D eigenvalue weighted by Crippen LogP contribution is -2.34. The van der Waals surface area contributed by atoms with Crippen LogP contribution in [0.2, 0.25) is 5.02 Å². The number of rotatable bonds is 5. The fraction of sp³-hybridized carbons (Fsp3) is 0.438. The predicted octanol–water partition coefficient (Wildman–Crippen LogP) is 4.65. The Hall–Kier alpha value is -1.26. The van der Waals surface area contributed by atoms with Gasteiger partial charge in [-0.05, 0) is 31.0 Å². The Kier molecular flexibility index (Phi) is 5.12. The second kappa shape index (κ2) is 6.67. The normalized spacial score (nSPS) is 12.6. The third-order valence-corrected chi connectivity index (χ3v) is 5.17.